The van der Waals surface area contributed by atoms with Gasteiger partial charge in [-0.05, 0) is 50.5 Å². The van der Waals surface area contributed by atoms with Crippen LogP contribution < -0.4 is 15.8 Å². The average Bonchev–Trinajstić information content (AvgIpc) is 3.60. The third-order valence-electron chi connectivity index (χ3n) is 8.30. The normalized spacial score (nSPS) is 18.3. The first-order valence-corrected chi connectivity index (χ1v) is 14.2. The van der Waals surface area contributed by atoms with Crippen molar-refractivity contribution < 1.29 is 31.9 Å². The van der Waals surface area contributed by atoms with Gasteiger partial charge < -0.3 is 20.7 Å². The Morgan fingerprint density at radius 1 is 1.20 bits per heavy atom. The molecule has 0 radical (unpaired) electrons. The van der Waals surface area contributed by atoms with Gasteiger partial charge in [-0.1, -0.05) is 12.2 Å². The van der Waals surface area contributed by atoms with E-state index < -0.39 is 23.5 Å². The lowest BCUT2D eigenvalue weighted by Crippen LogP contribution is -2.29. The molecule has 0 bridgehead atoms. The summed E-state index contributed by atoms with van der Waals surface area (Å²) in [6.07, 6.45) is 7.47. The van der Waals surface area contributed by atoms with E-state index in [2.05, 4.69) is 15.3 Å². The Bertz CT molecular complexity index is 1960. The highest BCUT2D eigenvalue weighted by molar-refractivity contribution is 6.05. The van der Waals surface area contributed by atoms with Crippen LogP contribution in [0.4, 0.5) is 29.2 Å². The fourth-order valence-electron chi connectivity index (χ4n) is 5.95. The second kappa shape index (κ2) is 10.1. The van der Waals surface area contributed by atoms with E-state index in [-0.39, 0.29) is 63.7 Å². The Hall–Kier alpha value is -5.27. The summed E-state index contributed by atoms with van der Waals surface area (Å²) >= 11 is 0. The highest BCUT2D eigenvalue weighted by atomic mass is 19.4. The summed E-state index contributed by atoms with van der Waals surface area (Å²) in [5.41, 5.74) is 5.65. The van der Waals surface area contributed by atoms with Gasteiger partial charge in [0.15, 0.2) is 0 Å². The molecule has 4 aromatic rings. The van der Waals surface area contributed by atoms with E-state index in [4.69, 9.17) is 15.5 Å². The monoisotopic (exact) mass is 619 g/mol. The van der Waals surface area contributed by atoms with Crippen molar-refractivity contribution >= 4 is 34.5 Å². The SMILES string of the molecule is CCOc1cc(C(=O)Nc2cc(C(F)(F)F)ccn2)cc(F)c1-c1nc(C2=CN3C(=O)C4(CC4)C[C@H]3C=C2)n2ccnc(N)c12. The molecule has 3 aromatic heterocycles. The second-order valence-corrected chi connectivity index (χ2v) is 11.2. The Morgan fingerprint density at radius 3 is 2.73 bits per heavy atom. The number of allylic oxidation sites excluding steroid dienone is 2. The fourth-order valence-corrected chi connectivity index (χ4v) is 5.95. The van der Waals surface area contributed by atoms with Crippen molar-refractivity contribution in [1.29, 1.82) is 0 Å². The largest absolute Gasteiger partial charge is 0.493 e. The average molecular weight is 620 g/mol. The first-order valence-electron chi connectivity index (χ1n) is 14.2. The molecule has 1 aromatic carbocycles. The summed E-state index contributed by atoms with van der Waals surface area (Å²) in [6, 6.07) is 3.61. The lowest BCUT2D eigenvalue weighted by molar-refractivity contribution is -0.137. The number of pyridine rings is 1. The molecule has 14 heteroatoms. The number of nitrogens with two attached hydrogens (primary N) is 1. The molecule has 230 valence electrons. The molecule has 45 heavy (non-hydrogen) atoms. The van der Waals surface area contributed by atoms with E-state index in [1.54, 1.807) is 28.6 Å². The van der Waals surface area contributed by atoms with E-state index in [1.807, 2.05) is 12.2 Å². The van der Waals surface area contributed by atoms with Crippen LogP contribution >= 0.6 is 0 Å². The number of carbonyl (C=O) groups excluding carboxylic acids is 2. The molecule has 1 aliphatic carbocycles. The van der Waals surface area contributed by atoms with Crippen molar-refractivity contribution in [2.24, 2.45) is 5.41 Å². The van der Waals surface area contributed by atoms with Gasteiger partial charge >= 0.3 is 6.18 Å². The van der Waals surface area contributed by atoms with Crippen LogP contribution in [-0.4, -0.2) is 48.7 Å². The van der Waals surface area contributed by atoms with Gasteiger partial charge in [0.25, 0.3) is 5.91 Å². The Labute approximate surface area is 253 Å². The lowest BCUT2D eigenvalue weighted by Gasteiger charge is -2.22. The van der Waals surface area contributed by atoms with Gasteiger partial charge in [-0.15, -0.1) is 0 Å². The standard InChI is InChI=1S/C31H25F4N7O3/c1-2-45-21-12-17(28(43)39-22-13-18(5-8-37-22)31(33,34)35)11-20(32)23(21)24-25-26(36)38-9-10-41(25)27(40-24)16-3-4-19-14-30(6-7-30)29(44)42(19)15-16/h3-5,8-13,15,19H,2,6-7,14H2,1H3,(H2,36,38)(H,37,39,43)/t19-/m1/s1. The number of carbonyl (C=O) groups is 2. The molecule has 1 saturated carbocycles. The quantitative estimate of drug-likeness (QED) is 0.274. The number of nitrogens with one attached hydrogen (secondary N) is 1. The minimum Gasteiger partial charge on any atom is -0.493 e. The van der Waals surface area contributed by atoms with E-state index in [0.29, 0.717) is 17.5 Å². The van der Waals surface area contributed by atoms with Gasteiger partial charge in [0.05, 0.1) is 29.2 Å². The lowest BCUT2D eigenvalue weighted by atomic mass is 10.0. The zero-order chi connectivity index (χ0) is 31.7. The predicted molar refractivity (Wildman–Crippen MR) is 155 cm³/mol. The van der Waals surface area contributed by atoms with Gasteiger partial charge in [0.2, 0.25) is 5.91 Å². The van der Waals surface area contributed by atoms with Gasteiger partial charge in [-0.3, -0.25) is 14.0 Å². The van der Waals surface area contributed by atoms with Crippen LogP contribution in [0.1, 0.15) is 47.9 Å². The van der Waals surface area contributed by atoms with Crippen LogP contribution in [0.2, 0.25) is 0 Å². The van der Waals surface area contributed by atoms with Crippen LogP contribution in [0.15, 0.2) is 61.2 Å². The number of anilines is 2. The number of amides is 2. The molecule has 0 unspecified atom stereocenters. The van der Waals surface area contributed by atoms with Crippen LogP contribution in [0.25, 0.3) is 22.3 Å². The maximum Gasteiger partial charge on any atom is 0.416 e. The van der Waals surface area contributed by atoms with E-state index in [0.717, 1.165) is 37.6 Å². The highest BCUT2D eigenvalue weighted by Crippen LogP contribution is 2.57. The Kier molecular flexibility index (Phi) is 6.42. The number of aromatic nitrogens is 4. The third kappa shape index (κ3) is 4.76. The first kappa shape index (κ1) is 28.5. The second-order valence-electron chi connectivity index (χ2n) is 11.2. The minimum atomic E-state index is -4.64. The Morgan fingerprint density at radius 2 is 2.00 bits per heavy atom. The zero-order valence-corrected chi connectivity index (χ0v) is 23.7. The smallest absolute Gasteiger partial charge is 0.416 e. The van der Waals surface area contributed by atoms with Crippen molar-refractivity contribution in [3.05, 3.63) is 84.0 Å². The van der Waals surface area contributed by atoms with Crippen molar-refractivity contribution in [2.45, 2.75) is 38.4 Å². The van der Waals surface area contributed by atoms with Crippen LogP contribution in [0.3, 0.4) is 0 Å². The van der Waals surface area contributed by atoms with Gasteiger partial charge in [-0.25, -0.2) is 19.3 Å². The molecule has 1 spiro atoms. The summed E-state index contributed by atoms with van der Waals surface area (Å²) in [6.45, 7) is 1.76. The number of imidazole rings is 1. The topological polar surface area (TPSA) is 128 Å². The molecular formula is C31H25F4N7O3. The molecule has 1 atom stereocenters. The molecule has 2 aliphatic heterocycles. The molecule has 5 heterocycles. The number of ether oxygens (including phenoxy) is 1. The van der Waals surface area contributed by atoms with Crippen LogP contribution in [-0.2, 0) is 11.0 Å². The molecule has 2 fully saturated rings. The number of hydrogen-bond acceptors (Lipinski definition) is 7. The maximum absolute atomic E-state index is 16.1. The molecule has 10 nitrogen and oxygen atoms in total. The summed E-state index contributed by atoms with van der Waals surface area (Å²) in [5.74, 6) is -1.69. The van der Waals surface area contributed by atoms with Crippen molar-refractivity contribution in [1.82, 2.24) is 24.3 Å². The maximum atomic E-state index is 16.1. The summed E-state index contributed by atoms with van der Waals surface area (Å²) < 4.78 is 62.9. The van der Waals surface area contributed by atoms with Crippen molar-refractivity contribution in [2.75, 3.05) is 17.7 Å². The third-order valence-corrected chi connectivity index (χ3v) is 8.30. The van der Waals surface area contributed by atoms with Gasteiger partial charge in [0.1, 0.15) is 40.2 Å². The molecular weight excluding hydrogens is 594 g/mol. The number of nitrogens with zero attached hydrogens (tertiary/aromatic N) is 5. The number of benzene rings is 1. The van der Waals surface area contributed by atoms with Crippen LogP contribution in [0, 0.1) is 11.2 Å². The number of rotatable bonds is 6. The summed E-state index contributed by atoms with van der Waals surface area (Å²) in [5, 5.41) is 2.28. The first-order chi connectivity index (χ1) is 21.5. The number of halogens is 4. The Balaban J connectivity index is 1.29. The highest BCUT2D eigenvalue weighted by Gasteiger charge is 2.58. The van der Waals surface area contributed by atoms with Gasteiger partial charge in [-0.2, -0.15) is 13.2 Å². The van der Waals surface area contributed by atoms with E-state index in [1.165, 1.54) is 12.3 Å². The number of fused-ring (bicyclic) bond motifs is 2. The van der Waals surface area contributed by atoms with Crippen molar-refractivity contribution in [3.8, 4) is 17.0 Å². The molecule has 7 rings (SSSR count). The number of alkyl halides is 3. The molecule has 2 amide bonds. The summed E-state index contributed by atoms with van der Waals surface area (Å²) in [4.78, 5) is 40.6. The minimum absolute atomic E-state index is 0.0342. The molecule has 3 N–H and O–H groups in total. The molecule has 3 aliphatic rings. The van der Waals surface area contributed by atoms with E-state index >= 15 is 4.39 Å². The van der Waals surface area contributed by atoms with Crippen LogP contribution in [0.5, 0.6) is 5.75 Å². The zero-order valence-electron chi connectivity index (χ0n) is 23.7. The predicted octanol–water partition coefficient (Wildman–Crippen LogP) is 5.47. The fraction of sp³-hybridized carbons (Fsp3) is 0.258. The molecule has 1 saturated heterocycles. The van der Waals surface area contributed by atoms with Crippen molar-refractivity contribution in [3.63, 3.8) is 0 Å². The number of hydrogen-bond donors (Lipinski definition) is 2. The van der Waals surface area contributed by atoms with E-state index in [9.17, 15) is 22.8 Å². The van der Waals surface area contributed by atoms with Gasteiger partial charge in [0, 0.05) is 35.9 Å². The summed E-state index contributed by atoms with van der Waals surface area (Å²) in [7, 11) is 0. The number of nitrogen functional groups attached to an aromatic ring is 1.